The van der Waals surface area contributed by atoms with Gasteiger partial charge in [-0.3, -0.25) is 9.59 Å². The van der Waals surface area contributed by atoms with Crippen molar-refractivity contribution in [3.63, 3.8) is 0 Å². The van der Waals surface area contributed by atoms with Gasteiger partial charge in [-0.05, 0) is 19.4 Å². The number of nitrogens with one attached hydrogen (secondary N) is 2. The Kier molecular flexibility index (Phi) is 6.36. The fraction of sp³-hybridized carbons (Fsp3) is 0.429. The van der Waals surface area contributed by atoms with E-state index in [0.717, 1.165) is 5.56 Å². The van der Waals surface area contributed by atoms with Crippen LogP contribution in [0.25, 0.3) is 0 Å². The second kappa shape index (κ2) is 7.79. The smallest absolute Gasteiger partial charge is 0.242 e. The number of carbonyl (C=O) groups is 2. The van der Waals surface area contributed by atoms with Crippen LogP contribution in [0.5, 0.6) is 0 Å². The van der Waals surface area contributed by atoms with Crippen molar-refractivity contribution in [1.82, 2.24) is 10.6 Å². The third kappa shape index (κ3) is 5.75. The lowest BCUT2D eigenvalue weighted by atomic mass is 10.1. The first-order valence-electron chi connectivity index (χ1n) is 6.26. The lowest BCUT2D eigenvalue weighted by Crippen LogP contribution is -2.35. The van der Waals surface area contributed by atoms with Gasteiger partial charge in [0.05, 0.1) is 0 Å². The highest BCUT2D eigenvalue weighted by Crippen LogP contribution is 2.19. The number of halogens is 1. The number of rotatable bonds is 6. The molecule has 1 atom stereocenters. The van der Waals surface area contributed by atoms with Gasteiger partial charge in [0.25, 0.3) is 0 Å². The van der Waals surface area contributed by atoms with Gasteiger partial charge in [0.2, 0.25) is 11.8 Å². The molecule has 0 radical (unpaired) electrons. The Bertz CT molecular complexity index is 421. The van der Waals surface area contributed by atoms with Crippen LogP contribution in [0, 0.1) is 0 Å². The molecule has 0 aliphatic rings. The van der Waals surface area contributed by atoms with Crippen LogP contribution in [0.2, 0.25) is 0 Å². The fourth-order valence-electron chi connectivity index (χ4n) is 1.56. The number of benzene rings is 1. The monoisotopic (exact) mass is 282 g/mol. The summed E-state index contributed by atoms with van der Waals surface area (Å²) >= 11 is 6.04. The van der Waals surface area contributed by atoms with E-state index in [1.807, 2.05) is 32.0 Å². The summed E-state index contributed by atoms with van der Waals surface area (Å²) in [5, 5.41) is 4.68. The Morgan fingerprint density at radius 2 is 1.84 bits per heavy atom. The average molecular weight is 283 g/mol. The third-order valence-corrected chi connectivity index (χ3v) is 2.87. The molecule has 2 amide bonds. The number of carbonyl (C=O) groups excluding carboxylic acids is 2. The molecule has 0 aliphatic carbocycles. The molecular formula is C14H19ClN2O2. The molecule has 0 heterocycles. The molecule has 19 heavy (non-hydrogen) atoms. The maximum Gasteiger partial charge on any atom is 0.242 e. The second-order valence-electron chi connectivity index (χ2n) is 4.54. The van der Waals surface area contributed by atoms with E-state index in [4.69, 9.17) is 11.6 Å². The highest BCUT2D eigenvalue weighted by atomic mass is 35.5. The zero-order chi connectivity index (χ0) is 14.3. The Morgan fingerprint density at radius 1 is 1.21 bits per heavy atom. The molecular weight excluding hydrogens is 264 g/mol. The van der Waals surface area contributed by atoms with Gasteiger partial charge in [0, 0.05) is 19.0 Å². The second-order valence-corrected chi connectivity index (χ2v) is 4.97. The van der Waals surface area contributed by atoms with E-state index in [2.05, 4.69) is 10.6 Å². The molecule has 0 saturated carbocycles. The molecule has 5 heteroatoms. The number of amides is 2. The summed E-state index contributed by atoms with van der Waals surface area (Å²) in [5.41, 5.74) is 0.744. The first-order valence-corrected chi connectivity index (χ1v) is 6.70. The van der Waals surface area contributed by atoms with Crippen molar-refractivity contribution in [3.8, 4) is 0 Å². The van der Waals surface area contributed by atoms with Gasteiger partial charge < -0.3 is 10.6 Å². The van der Waals surface area contributed by atoms with Crippen LogP contribution in [0.3, 0.4) is 0 Å². The Hall–Kier alpha value is -1.55. The van der Waals surface area contributed by atoms with E-state index < -0.39 is 5.38 Å². The van der Waals surface area contributed by atoms with Crippen LogP contribution < -0.4 is 10.6 Å². The normalized spacial score (nSPS) is 12.0. The molecule has 0 aliphatic heterocycles. The molecule has 4 nitrogen and oxygen atoms in total. The Morgan fingerprint density at radius 3 is 2.42 bits per heavy atom. The summed E-state index contributed by atoms with van der Waals surface area (Å²) in [6.45, 7) is 4.06. The predicted molar refractivity (Wildman–Crippen MR) is 75.9 cm³/mol. The van der Waals surface area contributed by atoms with Crippen molar-refractivity contribution in [3.05, 3.63) is 35.9 Å². The Labute approximate surface area is 118 Å². The van der Waals surface area contributed by atoms with Crippen LogP contribution in [0.4, 0.5) is 0 Å². The molecule has 1 aromatic carbocycles. The van der Waals surface area contributed by atoms with Crippen LogP contribution >= 0.6 is 11.6 Å². The summed E-state index contributed by atoms with van der Waals surface area (Å²) in [6.07, 6.45) is 0.252. The summed E-state index contributed by atoms with van der Waals surface area (Å²) in [4.78, 5) is 23.2. The molecule has 0 bridgehead atoms. The lowest BCUT2D eigenvalue weighted by Gasteiger charge is -2.11. The summed E-state index contributed by atoms with van der Waals surface area (Å²) < 4.78 is 0. The van der Waals surface area contributed by atoms with E-state index in [1.165, 1.54) is 0 Å². The quantitative estimate of drug-likeness (QED) is 0.784. The van der Waals surface area contributed by atoms with Crippen LogP contribution in [-0.4, -0.2) is 24.4 Å². The zero-order valence-electron chi connectivity index (χ0n) is 11.2. The number of alkyl halides is 1. The largest absolute Gasteiger partial charge is 0.354 e. The topological polar surface area (TPSA) is 58.2 Å². The molecule has 2 N–H and O–H groups in total. The summed E-state index contributed by atoms with van der Waals surface area (Å²) in [7, 11) is 0. The highest BCUT2D eigenvalue weighted by Gasteiger charge is 2.16. The zero-order valence-corrected chi connectivity index (χ0v) is 11.9. The molecule has 0 saturated heterocycles. The van der Waals surface area contributed by atoms with E-state index in [1.54, 1.807) is 12.1 Å². The summed E-state index contributed by atoms with van der Waals surface area (Å²) in [5.74, 6) is -0.369. The number of hydrogen-bond donors (Lipinski definition) is 2. The minimum atomic E-state index is -0.727. The van der Waals surface area contributed by atoms with Gasteiger partial charge in [-0.25, -0.2) is 0 Å². The first kappa shape index (κ1) is 15.5. The fourth-order valence-corrected chi connectivity index (χ4v) is 1.78. The van der Waals surface area contributed by atoms with Gasteiger partial charge in [0.15, 0.2) is 0 Å². The van der Waals surface area contributed by atoms with Gasteiger partial charge in [-0.15, -0.1) is 11.6 Å². The maximum atomic E-state index is 11.8. The third-order valence-electron chi connectivity index (χ3n) is 2.42. The van der Waals surface area contributed by atoms with Crippen molar-refractivity contribution in [2.45, 2.75) is 31.7 Å². The average Bonchev–Trinajstić information content (AvgIpc) is 2.37. The van der Waals surface area contributed by atoms with Crippen molar-refractivity contribution < 1.29 is 9.59 Å². The van der Waals surface area contributed by atoms with Crippen molar-refractivity contribution in [1.29, 1.82) is 0 Å². The minimum Gasteiger partial charge on any atom is -0.354 e. The first-order chi connectivity index (χ1) is 9.00. The molecule has 0 spiro atoms. The molecule has 1 rings (SSSR count). The summed E-state index contributed by atoms with van der Waals surface area (Å²) in [6, 6.07) is 9.21. The minimum absolute atomic E-state index is 0.0823. The maximum absolute atomic E-state index is 11.8. The highest BCUT2D eigenvalue weighted by molar-refractivity contribution is 6.30. The molecule has 1 aromatic rings. The van der Waals surface area contributed by atoms with Crippen LogP contribution in [-0.2, 0) is 9.59 Å². The molecule has 0 aromatic heterocycles. The molecule has 0 fully saturated rings. The van der Waals surface area contributed by atoms with Gasteiger partial charge in [0.1, 0.15) is 5.38 Å². The van der Waals surface area contributed by atoms with Crippen LogP contribution in [0.15, 0.2) is 30.3 Å². The van der Waals surface area contributed by atoms with Crippen molar-refractivity contribution >= 4 is 23.4 Å². The van der Waals surface area contributed by atoms with Crippen LogP contribution in [0.1, 0.15) is 31.2 Å². The van der Waals surface area contributed by atoms with E-state index >= 15 is 0 Å². The standard InChI is InChI=1S/C14H19ClN2O2/c1-10(2)17-12(18)8-9-16-14(19)13(15)11-6-4-3-5-7-11/h3-7,10,13H,8-9H2,1-2H3,(H,16,19)(H,17,18). The predicted octanol–water partition coefficient (Wildman–Crippen LogP) is 2.00. The van der Waals surface area contributed by atoms with Gasteiger partial charge in [-0.1, -0.05) is 30.3 Å². The lowest BCUT2D eigenvalue weighted by molar-refractivity contribution is -0.122. The molecule has 104 valence electrons. The van der Waals surface area contributed by atoms with Crippen molar-refractivity contribution in [2.75, 3.05) is 6.54 Å². The Balaban J connectivity index is 2.34. The molecule has 1 unspecified atom stereocenters. The van der Waals surface area contributed by atoms with E-state index in [0.29, 0.717) is 0 Å². The van der Waals surface area contributed by atoms with Gasteiger partial charge >= 0.3 is 0 Å². The van der Waals surface area contributed by atoms with E-state index in [-0.39, 0.29) is 30.8 Å². The SMILES string of the molecule is CC(C)NC(=O)CCNC(=O)C(Cl)c1ccccc1. The number of hydrogen-bond acceptors (Lipinski definition) is 2. The van der Waals surface area contributed by atoms with Crippen molar-refractivity contribution in [2.24, 2.45) is 0 Å². The van der Waals surface area contributed by atoms with Gasteiger partial charge in [-0.2, -0.15) is 0 Å². The van der Waals surface area contributed by atoms with E-state index in [9.17, 15) is 9.59 Å².